The Morgan fingerprint density at radius 3 is 2.75 bits per heavy atom. The molecule has 1 aliphatic heterocycles. The highest BCUT2D eigenvalue weighted by molar-refractivity contribution is 7.80. The summed E-state index contributed by atoms with van der Waals surface area (Å²) in [4.78, 5) is 6.31. The van der Waals surface area contributed by atoms with E-state index in [4.69, 9.17) is 12.2 Å². The Balaban J connectivity index is 1.59. The molecule has 1 N–H and O–H groups in total. The number of likely N-dealkylation sites (tertiary alicyclic amines) is 1. The van der Waals surface area contributed by atoms with E-state index in [9.17, 15) is 0 Å². The van der Waals surface area contributed by atoms with E-state index in [1.807, 2.05) is 0 Å². The summed E-state index contributed by atoms with van der Waals surface area (Å²) >= 11 is 7.61. The van der Waals surface area contributed by atoms with Crippen LogP contribution < -0.4 is 5.32 Å². The minimum atomic E-state index is 0.824. The molecule has 0 saturated carbocycles. The summed E-state index contributed by atoms with van der Waals surface area (Å²) in [7, 11) is 0. The molecule has 0 spiro atoms. The van der Waals surface area contributed by atoms with E-state index < -0.39 is 0 Å². The van der Waals surface area contributed by atoms with Crippen molar-refractivity contribution in [2.24, 2.45) is 5.92 Å². The maximum absolute atomic E-state index is 5.81. The lowest BCUT2D eigenvalue weighted by Crippen LogP contribution is -2.39. The van der Waals surface area contributed by atoms with E-state index in [0.717, 1.165) is 42.8 Å². The highest BCUT2D eigenvalue weighted by Crippen LogP contribution is 2.18. The number of aryl methyl sites for hydroxylation is 2. The number of piperidine rings is 1. The van der Waals surface area contributed by atoms with Gasteiger partial charge < -0.3 is 15.1 Å². The lowest BCUT2D eigenvalue weighted by molar-refractivity contribution is 0.177. The molecule has 0 bridgehead atoms. The van der Waals surface area contributed by atoms with Crippen LogP contribution in [0.15, 0.2) is 35.7 Å². The van der Waals surface area contributed by atoms with Gasteiger partial charge in [0.2, 0.25) is 0 Å². The minimum Gasteiger partial charge on any atom is -0.344 e. The molecule has 1 saturated heterocycles. The fourth-order valence-corrected chi connectivity index (χ4v) is 5.06. The van der Waals surface area contributed by atoms with Crippen molar-refractivity contribution in [2.45, 2.75) is 46.6 Å². The summed E-state index contributed by atoms with van der Waals surface area (Å²) in [5, 5.41) is 6.45. The predicted octanol–water partition coefficient (Wildman–Crippen LogP) is 5.69. The first kappa shape index (κ1) is 21.3. The summed E-state index contributed by atoms with van der Waals surface area (Å²) < 4.78 is 0. The van der Waals surface area contributed by atoms with Crippen LogP contribution in [-0.2, 0) is 6.54 Å². The standard InChI is InChI=1S/C23H33N3S2/c1-18-7-4-9-25(16-18)10-6-11-26(17-22-8-5-12-28-22)23(27)24-21-14-19(2)13-20(3)15-21/h5,8,12-15,18H,4,6-7,9-11,16-17H2,1-3H3,(H,24,27). The third-order valence-corrected chi connectivity index (χ3v) is 6.55. The van der Waals surface area contributed by atoms with Crippen LogP contribution in [0.4, 0.5) is 5.69 Å². The number of benzene rings is 1. The molecule has 0 aliphatic carbocycles. The number of thiocarbonyl (C=S) groups is 1. The quantitative estimate of drug-likeness (QED) is 0.586. The van der Waals surface area contributed by atoms with Crippen LogP contribution in [0.3, 0.4) is 0 Å². The molecule has 2 aromatic rings. The van der Waals surface area contributed by atoms with Crippen molar-refractivity contribution in [3.8, 4) is 0 Å². The SMILES string of the molecule is Cc1cc(C)cc(NC(=S)N(CCCN2CCCC(C)C2)Cc2cccs2)c1. The van der Waals surface area contributed by atoms with Crippen molar-refractivity contribution in [2.75, 3.05) is 31.5 Å². The zero-order valence-corrected chi connectivity index (χ0v) is 19.0. The Bertz CT molecular complexity index is 737. The topological polar surface area (TPSA) is 18.5 Å². The molecule has 152 valence electrons. The van der Waals surface area contributed by atoms with Gasteiger partial charge in [-0.1, -0.05) is 19.1 Å². The van der Waals surface area contributed by atoms with Crippen molar-refractivity contribution in [1.82, 2.24) is 9.80 Å². The summed E-state index contributed by atoms with van der Waals surface area (Å²) in [6, 6.07) is 10.8. The smallest absolute Gasteiger partial charge is 0.173 e. The number of anilines is 1. The summed E-state index contributed by atoms with van der Waals surface area (Å²) in [5.74, 6) is 0.836. The van der Waals surface area contributed by atoms with Crippen LogP contribution in [0.25, 0.3) is 0 Å². The molecule has 1 atom stereocenters. The summed E-state index contributed by atoms with van der Waals surface area (Å²) in [5.41, 5.74) is 3.60. The second-order valence-corrected chi connectivity index (χ2v) is 9.63. The van der Waals surface area contributed by atoms with Gasteiger partial charge in [0.1, 0.15) is 0 Å². The molecule has 1 aromatic heterocycles. The molecule has 1 unspecified atom stereocenters. The van der Waals surface area contributed by atoms with Crippen LogP contribution in [0, 0.1) is 19.8 Å². The lowest BCUT2D eigenvalue weighted by Gasteiger charge is -2.32. The maximum Gasteiger partial charge on any atom is 0.173 e. The Morgan fingerprint density at radius 1 is 1.29 bits per heavy atom. The molecule has 0 amide bonds. The van der Waals surface area contributed by atoms with Crippen molar-refractivity contribution in [1.29, 1.82) is 0 Å². The summed E-state index contributed by atoms with van der Waals surface area (Å²) in [6.07, 6.45) is 3.87. The highest BCUT2D eigenvalue weighted by atomic mass is 32.1. The average molecular weight is 416 g/mol. The highest BCUT2D eigenvalue weighted by Gasteiger charge is 2.17. The summed E-state index contributed by atoms with van der Waals surface area (Å²) in [6.45, 7) is 12.2. The normalized spacial score (nSPS) is 17.5. The Kier molecular flexibility index (Phi) is 7.89. The van der Waals surface area contributed by atoms with Gasteiger partial charge in [-0.05, 0) is 99.0 Å². The largest absolute Gasteiger partial charge is 0.344 e. The molecule has 5 heteroatoms. The van der Waals surface area contributed by atoms with E-state index in [2.05, 4.69) is 71.6 Å². The predicted molar refractivity (Wildman–Crippen MR) is 126 cm³/mol. The zero-order valence-electron chi connectivity index (χ0n) is 17.4. The molecular formula is C23H33N3S2. The Labute approximate surface area is 179 Å². The number of nitrogens with one attached hydrogen (secondary N) is 1. The van der Waals surface area contributed by atoms with Crippen molar-refractivity contribution < 1.29 is 0 Å². The van der Waals surface area contributed by atoms with E-state index in [0.29, 0.717) is 0 Å². The molecular weight excluding hydrogens is 382 g/mol. The fourth-order valence-electron chi connectivity index (χ4n) is 4.07. The third kappa shape index (κ3) is 6.57. The zero-order chi connectivity index (χ0) is 19.9. The Morgan fingerprint density at radius 2 is 2.07 bits per heavy atom. The first-order chi connectivity index (χ1) is 13.5. The number of rotatable bonds is 7. The number of hydrogen-bond donors (Lipinski definition) is 1. The van der Waals surface area contributed by atoms with Crippen molar-refractivity contribution >= 4 is 34.4 Å². The Hall–Kier alpha value is -1.43. The fraction of sp³-hybridized carbons (Fsp3) is 0.522. The molecule has 0 radical (unpaired) electrons. The van der Waals surface area contributed by atoms with Crippen LogP contribution in [0.5, 0.6) is 0 Å². The molecule has 1 aromatic carbocycles. The van der Waals surface area contributed by atoms with Gasteiger partial charge in [-0.2, -0.15) is 0 Å². The first-order valence-electron chi connectivity index (χ1n) is 10.4. The molecule has 28 heavy (non-hydrogen) atoms. The van der Waals surface area contributed by atoms with Crippen molar-refractivity contribution in [3.63, 3.8) is 0 Å². The molecule has 3 rings (SSSR count). The van der Waals surface area contributed by atoms with Crippen LogP contribution in [-0.4, -0.2) is 41.1 Å². The second kappa shape index (κ2) is 10.4. The monoisotopic (exact) mass is 415 g/mol. The van der Waals surface area contributed by atoms with E-state index in [1.165, 1.54) is 41.9 Å². The van der Waals surface area contributed by atoms with Gasteiger partial charge in [0.05, 0.1) is 6.54 Å². The van der Waals surface area contributed by atoms with E-state index in [-0.39, 0.29) is 0 Å². The lowest BCUT2D eigenvalue weighted by atomic mass is 10.0. The van der Waals surface area contributed by atoms with Gasteiger partial charge in [0.25, 0.3) is 0 Å². The van der Waals surface area contributed by atoms with Gasteiger partial charge >= 0.3 is 0 Å². The average Bonchev–Trinajstić information content (AvgIpc) is 3.13. The van der Waals surface area contributed by atoms with Crippen LogP contribution >= 0.6 is 23.6 Å². The molecule has 3 nitrogen and oxygen atoms in total. The minimum absolute atomic E-state index is 0.824. The molecule has 1 fully saturated rings. The van der Waals surface area contributed by atoms with Gasteiger partial charge in [-0.25, -0.2) is 0 Å². The number of hydrogen-bond acceptors (Lipinski definition) is 3. The number of thiophene rings is 1. The first-order valence-corrected chi connectivity index (χ1v) is 11.7. The number of nitrogens with zero attached hydrogens (tertiary/aromatic N) is 2. The van der Waals surface area contributed by atoms with Gasteiger partial charge in [-0.3, -0.25) is 0 Å². The van der Waals surface area contributed by atoms with Crippen molar-refractivity contribution in [3.05, 3.63) is 51.7 Å². The van der Waals surface area contributed by atoms with Crippen LogP contribution in [0.2, 0.25) is 0 Å². The van der Waals surface area contributed by atoms with Gasteiger partial charge in [-0.15, -0.1) is 11.3 Å². The van der Waals surface area contributed by atoms with E-state index >= 15 is 0 Å². The van der Waals surface area contributed by atoms with Crippen LogP contribution in [0.1, 0.15) is 42.2 Å². The van der Waals surface area contributed by atoms with E-state index in [1.54, 1.807) is 11.3 Å². The second-order valence-electron chi connectivity index (χ2n) is 8.21. The molecule has 2 heterocycles. The van der Waals surface area contributed by atoms with Gasteiger partial charge in [0, 0.05) is 23.7 Å². The third-order valence-electron chi connectivity index (χ3n) is 5.33. The van der Waals surface area contributed by atoms with Gasteiger partial charge in [0.15, 0.2) is 5.11 Å². The molecule has 1 aliphatic rings. The maximum atomic E-state index is 5.81.